The maximum Gasteiger partial charge on any atom is 0.235 e. The van der Waals surface area contributed by atoms with Crippen LogP contribution in [-0.2, 0) is 11.3 Å². The van der Waals surface area contributed by atoms with E-state index in [1.807, 2.05) is 36.1 Å². The molecule has 18 heavy (non-hydrogen) atoms. The number of nitrogens with two attached hydrogens (primary N) is 1. The van der Waals surface area contributed by atoms with Gasteiger partial charge in [0.25, 0.3) is 0 Å². The number of rotatable bonds is 4. The summed E-state index contributed by atoms with van der Waals surface area (Å²) in [6.07, 6.45) is 2.20. The summed E-state index contributed by atoms with van der Waals surface area (Å²) in [5.41, 5.74) is 7.57. The van der Waals surface area contributed by atoms with Crippen LogP contribution in [0.4, 0.5) is 5.69 Å². The Bertz CT molecular complexity index is 399. The quantitative estimate of drug-likeness (QED) is 0.850. The molecule has 1 saturated heterocycles. The van der Waals surface area contributed by atoms with Gasteiger partial charge in [0.15, 0.2) is 0 Å². The van der Waals surface area contributed by atoms with Crippen LogP contribution in [0.2, 0.25) is 0 Å². The number of carbonyl (C=O) groups excluding carboxylic acids is 1. The zero-order valence-electron chi connectivity index (χ0n) is 10.8. The molecule has 1 aromatic carbocycles. The molecule has 0 saturated carbocycles. The first-order chi connectivity index (χ1) is 8.70. The van der Waals surface area contributed by atoms with Gasteiger partial charge in [-0.25, -0.2) is 0 Å². The molecular weight excluding hydrogens is 244 g/mol. The third-order valence-corrected chi connectivity index (χ3v) is 4.62. The van der Waals surface area contributed by atoms with E-state index >= 15 is 0 Å². The summed E-state index contributed by atoms with van der Waals surface area (Å²) in [5, 5.41) is 0.179. The van der Waals surface area contributed by atoms with E-state index in [0.717, 1.165) is 30.0 Å². The lowest BCUT2D eigenvalue weighted by atomic mass is 10.1. The Morgan fingerprint density at radius 3 is 2.72 bits per heavy atom. The summed E-state index contributed by atoms with van der Waals surface area (Å²) in [4.78, 5) is 14.3. The van der Waals surface area contributed by atoms with Crippen molar-refractivity contribution in [3.8, 4) is 0 Å². The number of hydrogen-bond donors (Lipinski definition) is 1. The Morgan fingerprint density at radius 1 is 1.44 bits per heavy atom. The van der Waals surface area contributed by atoms with E-state index < -0.39 is 0 Å². The zero-order chi connectivity index (χ0) is 13.0. The van der Waals surface area contributed by atoms with Gasteiger partial charge in [0.1, 0.15) is 0 Å². The molecule has 0 radical (unpaired) electrons. The highest BCUT2D eigenvalue weighted by molar-refractivity contribution is 8.00. The highest BCUT2D eigenvalue weighted by atomic mass is 32.2. The normalized spacial score (nSPS) is 18.8. The van der Waals surface area contributed by atoms with Gasteiger partial charge in [-0.05, 0) is 43.2 Å². The number of anilines is 1. The highest BCUT2D eigenvalue weighted by Crippen LogP contribution is 2.28. The Hall–Kier alpha value is -1.16. The molecule has 2 N–H and O–H groups in total. The second-order valence-electron chi connectivity index (χ2n) is 4.60. The van der Waals surface area contributed by atoms with Crippen LogP contribution in [0.5, 0.6) is 0 Å². The predicted octanol–water partition coefficient (Wildman–Crippen LogP) is 2.51. The highest BCUT2D eigenvalue weighted by Gasteiger charge is 2.27. The van der Waals surface area contributed by atoms with Crippen molar-refractivity contribution >= 4 is 23.4 Å². The number of hydrogen-bond acceptors (Lipinski definition) is 3. The number of nitrogens with zero attached hydrogens (tertiary/aromatic N) is 1. The number of thioether (sulfide) groups is 1. The molecule has 98 valence electrons. The third kappa shape index (κ3) is 3.19. The Kier molecular flexibility index (Phi) is 4.53. The molecule has 1 atom stereocenters. The van der Waals surface area contributed by atoms with Crippen molar-refractivity contribution in [1.29, 1.82) is 0 Å². The number of carbonyl (C=O) groups is 1. The van der Waals surface area contributed by atoms with Gasteiger partial charge in [-0.2, -0.15) is 0 Å². The molecule has 1 aliphatic rings. The average molecular weight is 264 g/mol. The number of amides is 1. The van der Waals surface area contributed by atoms with Crippen molar-refractivity contribution in [1.82, 2.24) is 4.90 Å². The minimum atomic E-state index is 0.179. The lowest BCUT2D eigenvalue weighted by Gasteiger charge is -2.24. The van der Waals surface area contributed by atoms with E-state index in [4.69, 9.17) is 5.73 Å². The maximum atomic E-state index is 12.3. The molecule has 0 spiro atoms. The van der Waals surface area contributed by atoms with Crippen LogP contribution < -0.4 is 5.73 Å². The first-order valence-electron chi connectivity index (χ1n) is 6.45. The van der Waals surface area contributed by atoms with E-state index in [0.29, 0.717) is 6.54 Å². The van der Waals surface area contributed by atoms with Crippen molar-refractivity contribution in [2.75, 3.05) is 18.0 Å². The third-order valence-electron chi connectivity index (χ3n) is 3.25. The summed E-state index contributed by atoms with van der Waals surface area (Å²) >= 11 is 1.80. The second-order valence-corrected chi connectivity index (χ2v) is 5.91. The Labute approximate surface area is 113 Å². The molecule has 1 heterocycles. The fraction of sp³-hybridized carbons (Fsp3) is 0.500. The molecule has 1 fully saturated rings. The Morgan fingerprint density at radius 2 is 2.17 bits per heavy atom. The van der Waals surface area contributed by atoms with Crippen LogP contribution in [-0.4, -0.2) is 28.4 Å². The number of nitrogen functional groups attached to an aromatic ring is 1. The summed E-state index contributed by atoms with van der Waals surface area (Å²) < 4.78 is 0. The molecule has 1 aromatic rings. The van der Waals surface area contributed by atoms with Crippen LogP contribution in [0.1, 0.15) is 25.3 Å². The minimum Gasteiger partial charge on any atom is -0.399 e. The van der Waals surface area contributed by atoms with Crippen molar-refractivity contribution in [3.63, 3.8) is 0 Å². The largest absolute Gasteiger partial charge is 0.399 e. The predicted molar refractivity (Wildman–Crippen MR) is 77.4 cm³/mol. The molecule has 2 rings (SSSR count). The van der Waals surface area contributed by atoms with E-state index in [2.05, 4.69) is 0 Å². The van der Waals surface area contributed by atoms with E-state index in [-0.39, 0.29) is 11.2 Å². The summed E-state index contributed by atoms with van der Waals surface area (Å²) in [7, 11) is 0. The van der Waals surface area contributed by atoms with E-state index in [1.54, 1.807) is 11.8 Å². The molecule has 1 amide bonds. The van der Waals surface area contributed by atoms with Gasteiger partial charge < -0.3 is 10.6 Å². The fourth-order valence-electron chi connectivity index (χ4n) is 2.17. The lowest BCUT2D eigenvalue weighted by Crippen LogP contribution is -2.36. The molecule has 4 heteroatoms. The SMILES string of the molecule is CCN(Cc1ccc(N)cc1)C(=O)C1CCCS1. The summed E-state index contributed by atoms with van der Waals surface area (Å²) in [6.45, 7) is 3.49. The standard InChI is InChI=1S/C14H20N2OS/c1-2-16(14(17)13-4-3-9-18-13)10-11-5-7-12(15)8-6-11/h5-8,13H,2-4,9-10,15H2,1H3. The molecule has 1 aliphatic heterocycles. The van der Waals surface area contributed by atoms with Crippen LogP contribution in [0.25, 0.3) is 0 Å². The topological polar surface area (TPSA) is 46.3 Å². The minimum absolute atomic E-state index is 0.179. The Balaban J connectivity index is 2.00. The average Bonchev–Trinajstić information content (AvgIpc) is 2.91. The number of benzene rings is 1. The van der Waals surface area contributed by atoms with Gasteiger partial charge in [0.05, 0.1) is 5.25 Å². The summed E-state index contributed by atoms with van der Waals surface area (Å²) in [5.74, 6) is 1.41. The summed E-state index contributed by atoms with van der Waals surface area (Å²) in [6, 6.07) is 7.76. The molecule has 1 unspecified atom stereocenters. The van der Waals surface area contributed by atoms with Gasteiger partial charge in [0.2, 0.25) is 5.91 Å². The van der Waals surface area contributed by atoms with Crippen molar-refractivity contribution < 1.29 is 4.79 Å². The fourth-order valence-corrected chi connectivity index (χ4v) is 3.41. The first kappa shape index (κ1) is 13.3. The zero-order valence-corrected chi connectivity index (χ0v) is 11.6. The first-order valence-corrected chi connectivity index (χ1v) is 7.50. The molecular formula is C14H20N2OS. The molecule has 3 nitrogen and oxygen atoms in total. The van der Waals surface area contributed by atoms with Crippen LogP contribution in [0, 0.1) is 0 Å². The van der Waals surface area contributed by atoms with Gasteiger partial charge in [0, 0.05) is 18.8 Å². The molecule has 0 aliphatic carbocycles. The smallest absolute Gasteiger partial charge is 0.235 e. The van der Waals surface area contributed by atoms with Crippen LogP contribution in [0.3, 0.4) is 0 Å². The van der Waals surface area contributed by atoms with Gasteiger partial charge in [-0.15, -0.1) is 11.8 Å². The lowest BCUT2D eigenvalue weighted by molar-refractivity contribution is -0.131. The van der Waals surface area contributed by atoms with Crippen LogP contribution in [0.15, 0.2) is 24.3 Å². The van der Waals surface area contributed by atoms with Gasteiger partial charge >= 0.3 is 0 Å². The van der Waals surface area contributed by atoms with Gasteiger partial charge in [-0.1, -0.05) is 12.1 Å². The molecule has 0 aromatic heterocycles. The van der Waals surface area contributed by atoms with E-state index in [1.165, 1.54) is 6.42 Å². The van der Waals surface area contributed by atoms with Crippen molar-refractivity contribution in [3.05, 3.63) is 29.8 Å². The maximum absolute atomic E-state index is 12.3. The van der Waals surface area contributed by atoms with Crippen molar-refractivity contribution in [2.45, 2.75) is 31.6 Å². The van der Waals surface area contributed by atoms with Gasteiger partial charge in [-0.3, -0.25) is 4.79 Å². The van der Waals surface area contributed by atoms with E-state index in [9.17, 15) is 4.79 Å². The van der Waals surface area contributed by atoms with Crippen molar-refractivity contribution in [2.24, 2.45) is 0 Å². The van der Waals surface area contributed by atoms with Crippen LogP contribution >= 0.6 is 11.8 Å². The second kappa shape index (κ2) is 6.14. The monoisotopic (exact) mass is 264 g/mol. The molecule has 0 bridgehead atoms.